The number of nitrogens with one attached hydrogen (secondary N) is 1. The molecule has 1 amide bonds. The third-order valence-corrected chi connectivity index (χ3v) is 6.88. The molecule has 1 heterocycles. The summed E-state index contributed by atoms with van der Waals surface area (Å²) in [6.07, 6.45) is -1.81. The van der Waals surface area contributed by atoms with Gasteiger partial charge in [-0.25, -0.2) is 0 Å². The lowest BCUT2D eigenvalue weighted by Crippen LogP contribution is -2.52. The predicted octanol–water partition coefficient (Wildman–Crippen LogP) is 3.79. The quantitative estimate of drug-likeness (QED) is 0.341. The molecule has 0 aliphatic carbocycles. The van der Waals surface area contributed by atoms with E-state index >= 15 is 0 Å². The molecule has 0 fully saturated rings. The monoisotopic (exact) mass is 514 g/mol. The molecule has 0 saturated heterocycles. The second kappa shape index (κ2) is 10.8. The van der Waals surface area contributed by atoms with Crippen molar-refractivity contribution in [3.8, 4) is 0 Å². The Kier molecular flexibility index (Phi) is 7.84. The number of rotatable bonds is 8. The molecule has 1 aliphatic heterocycles. The number of amides is 1. The van der Waals surface area contributed by atoms with Crippen molar-refractivity contribution in [3.05, 3.63) is 93.5 Å². The number of fused-ring (bicyclic) bond motifs is 1. The first-order valence-corrected chi connectivity index (χ1v) is 12.1. The topological polar surface area (TPSA) is 102 Å². The van der Waals surface area contributed by atoms with E-state index in [1.54, 1.807) is 18.2 Å². The van der Waals surface area contributed by atoms with Crippen LogP contribution in [0.1, 0.15) is 29.8 Å². The Hall–Kier alpha value is -2.81. The van der Waals surface area contributed by atoms with Crippen LogP contribution >= 0.6 is 23.2 Å². The Balaban J connectivity index is 1.49. The molecule has 7 nitrogen and oxygen atoms in total. The first-order valence-electron chi connectivity index (χ1n) is 11.4. The van der Waals surface area contributed by atoms with Crippen LogP contribution in [0, 0.1) is 0 Å². The minimum Gasteiger partial charge on any atom is -0.374 e. The molecule has 4 rings (SSSR count). The number of anilines is 2. The van der Waals surface area contributed by atoms with E-state index in [9.17, 15) is 15.0 Å². The molecule has 3 atom stereocenters. The van der Waals surface area contributed by atoms with Gasteiger partial charge >= 0.3 is 0 Å². The largest absolute Gasteiger partial charge is 0.374 e. The van der Waals surface area contributed by atoms with Crippen LogP contribution in [-0.2, 0) is 17.8 Å². The van der Waals surface area contributed by atoms with E-state index in [1.807, 2.05) is 59.2 Å². The normalized spacial score (nSPS) is 17.1. The van der Waals surface area contributed by atoms with Crippen molar-refractivity contribution in [2.24, 2.45) is 5.73 Å². The van der Waals surface area contributed by atoms with Gasteiger partial charge in [-0.2, -0.15) is 0 Å². The van der Waals surface area contributed by atoms with E-state index in [2.05, 4.69) is 11.4 Å². The van der Waals surface area contributed by atoms with Gasteiger partial charge in [0, 0.05) is 40.1 Å². The molecule has 0 bridgehead atoms. The fraction of sp³-hybridized carbons (Fsp3) is 0.269. The molecule has 9 heteroatoms. The van der Waals surface area contributed by atoms with Crippen molar-refractivity contribution in [1.82, 2.24) is 5.32 Å². The smallest absolute Gasteiger partial charge is 0.234 e. The average molecular weight is 515 g/mol. The Bertz CT molecular complexity index is 1170. The van der Waals surface area contributed by atoms with Crippen molar-refractivity contribution in [3.63, 3.8) is 0 Å². The molecule has 0 aromatic heterocycles. The van der Waals surface area contributed by atoms with Gasteiger partial charge in [0.25, 0.3) is 0 Å². The average Bonchev–Trinajstić information content (AvgIpc) is 2.83. The number of para-hydroxylation sites is 1. The maximum Gasteiger partial charge on any atom is 0.234 e. The van der Waals surface area contributed by atoms with E-state index < -0.39 is 24.5 Å². The fourth-order valence-electron chi connectivity index (χ4n) is 4.39. The number of nitrogens with two attached hydrogens (primary N) is 1. The van der Waals surface area contributed by atoms with Crippen LogP contribution in [0.4, 0.5) is 11.4 Å². The highest BCUT2D eigenvalue weighted by Gasteiger charge is 2.30. The number of hydrogen-bond donors (Lipinski definition) is 4. The number of carbonyl (C=O) groups excluding carboxylic acids is 1. The van der Waals surface area contributed by atoms with E-state index in [-0.39, 0.29) is 22.0 Å². The third kappa shape index (κ3) is 5.39. The van der Waals surface area contributed by atoms with Crippen LogP contribution in [0.25, 0.3) is 0 Å². The molecule has 0 radical (unpaired) electrons. The molecular formula is C26H28Cl2N4O3. The summed E-state index contributed by atoms with van der Waals surface area (Å²) < 4.78 is 0. The highest BCUT2D eigenvalue weighted by molar-refractivity contribution is 6.36. The van der Waals surface area contributed by atoms with Crippen molar-refractivity contribution < 1.29 is 15.0 Å². The number of carbonyl (C=O) groups is 1. The molecule has 0 spiro atoms. The molecular weight excluding hydrogens is 487 g/mol. The molecule has 2 unspecified atom stereocenters. The van der Waals surface area contributed by atoms with E-state index in [0.717, 1.165) is 22.5 Å². The van der Waals surface area contributed by atoms with Crippen LogP contribution in [0.3, 0.4) is 0 Å². The van der Waals surface area contributed by atoms with Gasteiger partial charge in [0.2, 0.25) is 12.3 Å². The Morgan fingerprint density at radius 1 is 1.09 bits per heavy atom. The van der Waals surface area contributed by atoms with Crippen molar-refractivity contribution in [2.75, 3.05) is 16.3 Å². The Morgan fingerprint density at radius 3 is 2.37 bits per heavy atom. The van der Waals surface area contributed by atoms with E-state index in [0.29, 0.717) is 13.1 Å². The molecule has 35 heavy (non-hydrogen) atoms. The second-order valence-corrected chi connectivity index (χ2v) is 9.23. The molecule has 184 valence electrons. The molecule has 3 aromatic rings. The summed E-state index contributed by atoms with van der Waals surface area (Å²) in [5, 5.41) is 25.0. The van der Waals surface area contributed by atoms with Crippen LogP contribution in [0.2, 0.25) is 10.0 Å². The zero-order chi connectivity index (χ0) is 25.1. The number of nitrogens with zero attached hydrogens (tertiary/aromatic N) is 2. The fourth-order valence-corrected chi connectivity index (χ4v) is 4.99. The van der Waals surface area contributed by atoms with Crippen molar-refractivity contribution in [1.29, 1.82) is 0 Å². The van der Waals surface area contributed by atoms with Gasteiger partial charge in [0.15, 0.2) is 0 Å². The highest BCUT2D eigenvalue weighted by Crippen LogP contribution is 2.33. The lowest BCUT2D eigenvalue weighted by Gasteiger charge is -2.43. The van der Waals surface area contributed by atoms with Crippen molar-refractivity contribution >= 4 is 40.5 Å². The lowest BCUT2D eigenvalue weighted by molar-refractivity contribution is -0.121. The van der Waals surface area contributed by atoms with Crippen LogP contribution in [0.15, 0.2) is 66.7 Å². The number of aliphatic hydroxyl groups is 2. The zero-order valence-electron chi connectivity index (χ0n) is 19.2. The maximum absolute atomic E-state index is 12.1. The standard InChI is InChI=1S/C26H28Cl2N4O3/c1-2-31-22-9-4-3-6-17(22)15-32(26(31)35)18-12-10-16(11-13-18)14-21(24(29)33)30-25(34)23-19(27)7-5-8-20(23)28/h3-13,21,25-26,30,34-35H,2,14-15H2,1H3,(H2,29,33)/t21-,25?,26?/m0/s1. The van der Waals surface area contributed by atoms with Gasteiger partial charge in [-0.05, 0) is 54.8 Å². The minimum atomic E-state index is -1.27. The lowest BCUT2D eigenvalue weighted by atomic mass is 10.0. The van der Waals surface area contributed by atoms with Gasteiger partial charge in [-0.3, -0.25) is 10.1 Å². The summed E-state index contributed by atoms with van der Waals surface area (Å²) in [6, 6.07) is 19.6. The first-order chi connectivity index (χ1) is 16.8. The summed E-state index contributed by atoms with van der Waals surface area (Å²) in [5.74, 6) is -0.613. The number of hydrogen-bond acceptors (Lipinski definition) is 6. The number of primary amides is 1. The molecule has 5 N–H and O–H groups in total. The van der Waals surface area contributed by atoms with E-state index in [4.69, 9.17) is 28.9 Å². The van der Waals surface area contributed by atoms with Crippen LogP contribution < -0.4 is 20.9 Å². The predicted molar refractivity (Wildman–Crippen MR) is 139 cm³/mol. The SMILES string of the molecule is CCN1c2ccccc2CN(c2ccc(C[C@H](NC(O)c3c(Cl)cccc3Cl)C(N)=O)cc2)C1O. The van der Waals surface area contributed by atoms with Crippen LogP contribution in [-0.4, -0.2) is 35.1 Å². The molecule has 3 aromatic carbocycles. The Morgan fingerprint density at radius 2 is 1.74 bits per heavy atom. The summed E-state index contributed by atoms with van der Waals surface area (Å²) >= 11 is 12.3. The van der Waals surface area contributed by atoms with Crippen LogP contribution in [0.5, 0.6) is 0 Å². The highest BCUT2D eigenvalue weighted by atomic mass is 35.5. The summed E-state index contributed by atoms with van der Waals surface area (Å²) in [5.41, 5.74) is 9.74. The van der Waals surface area contributed by atoms with Gasteiger partial charge < -0.3 is 25.7 Å². The maximum atomic E-state index is 12.1. The van der Waals surface area contributed by atoms with Gasteiger partial charge in [0.1, 0.15) is 6.23 Å². The number of halogens is 2. The van der Waals surface area contributed by atoms with Gasteiger partial charge in [-0.15, -0.1) is 0 Å². The van der Waals surface area contributed by atoms with Gasteiger partial charge in [-0.1, -0.05) is 59.6 Å². The van der Waals surface area contributed by atoms with Crippen molar-refractivity contribution in [2.45, 2.75) is 38.5 Å². The minimum absolute atomic E-state index is 0.251. The Labute approximate surface area is 214 Å². The summed E-state index contributed by atoms with van der Waals surface area (Å²) in [6.45, 7) is 3.24. The summed E-state index contributed by atoms with van der Waals surface area (Å²) in [4.78, 5) is 16.0. The van der Waals surface area contributed by atoms with Gasteiger partial charge in [0.05, 0.1) is 6.04 Å². The van der Waals surface area contributed by atoms with E-state index in [1.165, 1.54) is 0 Å². The second-order valence-electron chi connectivity index (χ2n) is 8.42. The third-order valence-electron chi connectivity index (χ3n) is 6.22. The molecule has 0 saturated carbocycles. The molecule has 1 aliphatic rings. The summed E-state index contributed by atoms with van der Waals surface area (Å²) in [7, 11) is 0. The zero-order valence-corrected chi connectivity index (χ0v) is 20.7. The number of benzene rings is 3. The number of aliphatic hydroxyl groups excluding tert-OH is 2. The first kappa shape index (κ1) is 25.3.